The van der Waals surface area contributed by atoms with Crippen LogP contribution in [-0.4, -0.2) is 42.6 Å². The first-order valence-electron chi connectivity index (χ1n) is 11.1. The topological polar surface area (TPSA) is 141 Å². The molecule has 3 aromatic heterocycles. The highest BCUT2D eigenvalue weighted by Crippen LogP contribution is 2.38. The van der Waals surface area contributed by atoms with E-state index in [9.17, 15) is 9.59 Å². The van der Waals surface area contributed by atoms with Gasteiger partial charge in [-0.05, 0) is 50.0 Å². The van der Waals surface area contributed by atoms with Crippen molar-refractivity contribution in [2.75, 3.05) is 11.1 Å². The van der Waals surface area contributed by atoms with Crippen LogP contribution in [0.15, 0.2) is 55.0 Å². The lowest BCUT2D eigenvalue weighted by Crippen LogP contribution is -2.44. The summed E-state index contributed by atoms with van der Waals surface area (Å²) in [6, 6.07) is 12.5. The molecule has 35 heavy (non-hydrogen) atoms. The fourth-order valence-corrected chi connectivity index (χ4v) is 4.10. The summed E-state index contributed by atoms with van der Waals surface area (Å²) in [6.45, 7) is 1.63. The van der Waals surface area contributed by atoms with E-state index in [1.54, 1.807) is 43.5 Å². The zero-order chi connectivity index (χ0) is 24.4. The molecule has 4 aromatic rings. The van der Waals surface area contributed by atoms with Crippen molar-refractivity contribution in [3.63, 3.8) is 0 Å². The first-order chi connectivity index (χ1) is 17.0. The van der Waals surface area contributed by atoms with Gasteiger partial charge in [-0.2, -0.15) is 5.10 Å². The first-order valence-corrected chi connectivity index (χ1v) is 11.1. The number of amides is 2. The van der Waals surface area contributed by atoms with Crippen LogP contribution in [0.1, 0.15) is 36.2 Å². The highest BCUT2D eigenvalue weighted by Gasteiger charge is 2.34. The third-order valence-electron chi connectivity index (χ3n) is 5.88. The molecule has 0 aliphatic heterocycles. The van der Waals surface area contributed by atoms with Crippen molar-refractivity contribution in [2.45, 2.75) is 31.8 Å². The van der Waals surface area contributed by atoms with Crippen LogP contribution >= 0.6 is 0 Å². The summed E-state index contributed by atoms with van der Waals surface area (Å²) in [5, 5.41) is 11.1. The number of hydrogen-bond donors (Lipinski definition) is 3. The van der Waals surface area contributed by atoms with Crippen LogP contribution in [0.2, 0.25) is 0 Å². The van der Waals surface area contributed by atoms with Gasteiger partial charge in [0.25, 0.3) is 11.8 Å². The zero-order valence-corrected chi connectivity index (χ0v) is 18.9. The molecule has 1 fully saturated rings. The molecule has 0 unspecified atom stereocenters. The third kappa shape index (κ3) is 4.39. The van der Waals surface area contributed by atoms with Crippen LogP contribution in [-0.2, 0) is 4.79 Å². The van der Waals surface area contributed by atoms with E-state index >= 15 is 0 Å². The Kier molecular flexibility index (Phi) is 5.81. The molecule has 1 aliphatic carbocycles. The Hall–Kier alpha value is -4.78. The van der Waals surface area contributed by atoms with Crippen molar-refractivity contribution < 1.29 is 9.59 Å². The van der Waals surface area contributed by atoms with Gasteiger partial charge in [0.05, 0.1) is 11.4 Å². The standard InChI is InChI=1S/C25H22N8O2/c1-2-5-20(34)30-17-12-18(13-17)33-24-21(23(26)28-14-29-24)22(32-33)15-7-9-16(10-8-15)25(35)31-19-6-3-4-11-27-19/h3-4,6-11,14,17-18H,12-13H2,1H3,(H,30,34)(H2,26,28,29)(H,27,31,35)/t17-,18+. The number of nitrogens with one attached hydrogen (secondary N) is 2. The number of nitrogens with zero attached hydrogens (tertiary/aromatic N) is 5. The second-order valence-corrected chi connectivity index (χ2v) is 8.17. The number of pyridine rings is 1. The molecule has 5 rings (SSSR count). The van der Waals surface area contributed by atoms with E-state index in [2.05, 4.69) is 37.4 Å². The minimum absolute atomic E-state index is 0.0344. The number of anilines is 2. The second kappa shape index (κ2) is 9.23. The molecular weight excluding hydrogens is 444 g/mol. The second-order valence-electron chi connectivity index (χ2n) is 8.17. The van der Waals surface area contributed by atoms with Gasteiger partial charge in [0.2, 0.25) is 0 Å². The van der Waals surface area contributed by atoms with E-state index in [1.807, 2.05) is 16.8 Å². The van der Waals surface area contributed by atoms with E-state index in [-0.39, 0.29) is 23.9 Å². The van der Waals surface area contributed by atoms with E-state index < -0.39 is 0 Å². The van der Waals surface area contributed by atoms with Crippen LogP contribution in [0.25, 0.3) is 22.3 Å². The molecule has 0 saturated heterocycles. The summed E-state index contributed by atoms with van der Waals surface area (Å²) in [7, 11) is 0. The predicted molar refractivity (Wildman–Crippen MR) is 131 cm³/mol. The largest absolute Gasteiger partial charge is 0.383 e. The van der Waals surface area contributed by atoms with E-state index in [0.717, 1.165) is 5.56 Å². The summed E-state index contributed by atoms with van der Waals surface area (Å²) in [5.41, 5.74) is 8.75. The van der Waals surface area contributed by atoms with Crippen molar-refractivity contribution in [1.82, 2.24) is 30.0 Å². The van der Waals surface area contributed by atoms with E-state index in [1.165, 1.54) is 6.33 Å². The Morgan fingerprint density at radius 1 is 1.09 bits per heavy atom. The van der Waals surface area contributed by atoms with Crippen molar-refractivity contribution >= 4 is 34.5 Å². The molecule has 1 saturated carbocycles. The number of benzene rings is 1. The summed E-state index contributed by atoms with van der Waals surface area (Å²) in [4.78, 5) is 37.0. The van der Waals surface area contributed by atoms with Gasteiger partial charge in [0.15, 0.2) is 5.65 Å². The van der Waals surface area contributed by atoms with Gasteiger partial charge >= 0.3 is 0 Å². The first kappa shape index (κ1) is 22.0. The summed E-state index contributed by atoms with van der Waals surface area (Å²) in [6.07, 6.45) is 4.46. The fraction of sp³-hybridized carbons (Fsp3) is 0.200. The molecule has 3 heterocycles. The fourth-order valence-electron chi connectivity index (χ4n) is 4.10. The van der Waals surface area contributed by atoms with Crippen molar-refractivity contribution in [2.24, 2.45) is 0 Å². The number of carbonyl (C=O) groups is 2. The minimum atomic E-state index is -0.277. The average Bonchev–Trinajstić information content (AvgIpc) is 3.22. The highest BCUT2D eigenvalue weighted by molar-refractivity contribution is 6.04. The lowest BCUT2D eigenvalue weighted by atomic mass is 9.87. The van der Waals surface area contributed by atoms with Crippen LogP contribution < -0.4 is 16.4 Å². The molecule has 10 heteroatoms. The summed E-state index contributed by atoms with van der Waals surface area (Å²) >= 11 is 0. The lowest BCUT2D eigenvalue weighted by molar-refractivity contribution is -0.117. The SMILES string of the molecule is CC#CC(=O)N[C@H]1C[C@@H](n2nc(-c3ccc(C(=O)Nc4ccccn4)cc3)c3c(N)ncnc32)C1. The predicted octanol–water partition coefficient (Wildman–Crippen LogP) is 2.57. The molecule has 1 aliphatic rings. The van der Waals surface area contributed by atoms with Gasteiger partial charge in [-0.1, -0.05) is 24.1 Å². The molecule has 0 atom stereocenters. The minimum Gasteiger partial charge on any atom is -0.383 e. The number of hydrogen-bond acceptors (Lipinski definition) is 7. The number of carbonyl (C=O) groups excluding carboxylic acids is 2. The van der Waals surface area contributed by atoms with Gasteiger partial charge < -0.3 is 16.4 Å². The van der Waals surface area contributed by atoms with Crippen LogP contribution in [0.5, 0.6) is 0 Å². The molecule has 4 N–H and O–H groups in total. The Labute approximate surface area is 201 Å². The smallest absolute Gasteiger partial charge is 0.296 e. The molecular formula is C25H22N8O2. The molecule has 174 valence electrons. The molecule has 0 bridgehead atoms. The maximum absolute atomic E-state index is 12.6. The summed E-state index contributed by atoms with van der Waals surface area (Å²) < 4.78 is 1.85. The molecule has 1 aromatic carbocycles. The van der Waals surface area contributed by atoms with E-state index in [0.29, 0.717) is 46.8 Å². The van der Waals surface area contributed by atoms with Crippen molar-refractivity contribution in [3.8, 4) is 23.1 Å². The van der Waals surface area contributed by atoms with Gasteiger partial charge in [-0.25, -0.2) is 19.6 Å². The van der Waals surface area contributed by atoms with E-state index in [4.69, 9.17) is 10.8 Å². The third-order valence-corrected chi connectivity index (χ3v) is 5.88. The van der Waals surface area contributed by atoms with Crippen molar-refractivity contribution in [3.05, 3.63) is 60.6 Å². The lowest BCUT2D eigenvalue weighted by Gasteiger charge is -2.35. The molecule has 2 amide bonds. The Morgan fingerprint density at radius 2 is 1.89 bits per heavy atom. The van der Waals surface area contributed by atoms with Crippen LogP contribution in [0, 0.1) is 11.8 Å². The maximum Gasteiger partial charge on any atom is 0.296 e. The normalized spacial score (nSPS) is 16.6. The number of rotatable bonds is 5. The monoisotopic (exact) mass is 466 g/mol. The average molecular weight is 467 g/mol. The van der Waals surface area contributed by atoms with Crippen LogP contribution in [0.3, 0.4) is 0 Å². The van der Waals surface area contributed by atoms with Gasteiger partial charge in [-0.3, -0.25) is 9.59 Å². The van der Waals surface area contributed by atoms with Gasteiger partial charge in [0, 0.05) is 23.4 Å². The summed E-state index contributed by atoms with van der Waals surface area (Å²) in [5.74, 6) is 5.37. The Morgan fingerprint density at radius 3 is 2.60 bits per heavy atom. The molecule has 0 spiro atoms. The molecule has 10 nitrogen and oxygen atoms in total. The highest BCUT2D eigenvalue weighted by atomic mass is 16.2. The van der Waals surface area contributed by atoms with Crippen molar-refractivity contribution in [1.29, 1.82) is 0 Å². The number of nitrogens with two attached hydrogens (primary N) is 1. The maximum atomic E-state index is 12.6. The van der Waals surface area contributed by atoms with Gasteiger partial charge in [0.1, 0.15) is 23.7 Å². The quantitative estimate of drug-likeness (QED) is 0.384. The molecule has 0 radical (unpaired) electrons. The zero-order valence-electron chi connectivity index (χ0n) is 18.9. The Balaban J connectivity index is 1.39. The van der Waals surface area contributed by atoms with Crippen LogP contribution in [0.4, 0.5) is 11.6 Å². The Bertz CT molecular complexity index is 1460. The number of aromatic nitrogens is 5. The number of fused-ring (bicyclic) bond motifs is 1. The van der Waals surface area contributed by atoms with Gasteiger partial charge in [-0.15, -0.1) is 0 Å². The number of nitrogen functional groups attached to an aromatic ring is 1.